The number of amides is 1. The molecule has 0 spiro atoms. The van der Waals surface area contributed by atoms with Gasteiger partial charge in [0.15, 0.2) is 0 Å². The average molecular weight is 241 g/mol. The molecule has 0 aromatic carbocycles. The third-order valence-electron chi connectivity index (χ3n) is 1.85. The van der Waals surface area contributed by atoms with Crippen molar-refractivity contribution >= 4 is 6.09 Å². The monoisotopic (exact) mass is 241 g/mol. The van der Waals surface area contributed by atoms with Gasteiger partial charge in [0, 0.05) is 18.3 Å². The molecular formula is C11H19N3O3. The normalized spacial score (nSPS) is 11.3. The Morgan fingerprint density at radius 3 is 2.88 bits per heavy atom. The van der Waals surface area contributed by atoms with Crippen LogP contribution in [0.2, 0.25) is 0 Å². The van der Waals surface area contributed by atoms with Gasteiger partial charge < -0.3 is 15.2 Å². The molecule has 1 aromatic heterocycles. The second-order valence-electron chi connectivity index (χ2n) is 4.69. The zero-order chi connectivity index (χ0) is 12.9. The Bertz CT molecular complexity index is 368. The van der Waals surface area contributed by atoms with Crippen LogP contribution in [0.5, 0.6) is 0 Å². The summed E-state index contributed by atoms with van der Waals surface area (Å²) < 4.78 is 6.71. The standard InChI is InChI=1S/C11H19N3O3/c1-11(2,3)17-10(16)12-6-9-7-13-14(8-9)4-5-15/h7-8,15H,4-6H2,1-3H3,(H,12,16). The molecule has 0 saturated carbocycles. The van der Waals surface area contributed by atoms with Gasteiger partial charge in [-0.2, -0.15) is 5.10 Å². The quantitative estimate of drug-likeness (QED) is 0.821. The molecule has 6 heteroatoms. The Hall–Kier alpha value is -1.56. The van der Waals surface area contributed by atoms with E-state index >= 15 is 0 Å². The Kier molecular flexibility index (Phi) is 4.51. The van der Waals surface area contributed by atoms with Crippen molar-refractivity contribution in [2.45, 2.75) is 39.5 Å². The summed E-state index contributed by atoms with van der Waals surface area (Å²) in [5.41, 5.74) is 0.370. The molecular weight excluding hydrogens is 222 g/mol. The minimum atomic E-state index is -0.495. The van der Waals surface area contributed by atoms with E-state index in [9.17, 15) is 4.79 Å². The molecule has 0 aliphatic carbocycles. The number of carbonyl (C=O) groups excluding carboxylic acids is 1. The molecule has 0 bridgehead atoms. The number of nitrogens with one attached hydrogen (secondary N) is 1. The smallest absolute Gasteiger partial charge is 0.407 e. The van der Waals surface area contributed by atoms with Gasteiger partial charge in [0.1, 0.15) is 5.60 Å². The summed E-state index contributed by atoms with van der Waals surface area (Å²) in [6, 6.07) is 0. The molecule has 6 nitrogen and oxygen atoms in total. The highest BCUT2D eigenvalue weighted by molar-refractivity contribution is 5.67. The number of aromatic nitrogens is 2. The highest BCUT2D eigenvalue weighted by Gasteiger charge is 2.15. The van der Waals surface area contributed by atoms with E-state index in [0.29, 0.717) is 13.1 Å². The van der Waals surface area contributed by atoms with Crippen LogP contribution in [0.1, 0.15) is 26.3 Å². The molecule has 0 aliphatic heterocycles. The van der Waals surface area contributed by atoms with E-state index < -0.39 is 11.7 Å². The molecule has 1 amide bonds. The number of alkyl carbamates (subject to hydrolysis) is 1. The van der Waals surface area contributed by atoms with Crippen molar-refractivity contribution in [1.82, 2.24) is 15.1 Å². The van der Waals surface area contributed by atoms with Gasteiger partial charge in [-0.15, -0.1) is 0 Å². The fraction of sp³-hybridized carbons (Fsp3) is 0.636. The minimum absolute atomic E-state index is 0.0423. The average Bonchev–Trinajstić information content (AvgIpc) is 2.61. The molecule has 17 heavy (non-hydrogen) atoms. The highest BCUT2D eigenvalue weighted by Crippen LogP contribution is 2.06. The first-order valence-corrected chi connectivity index (χ1v) is 5.50. The van der Waals surface area contributed by atoms with Crippen molar-refractivity contribution in [3.63, 3.8) is 0 Å². The molecule has 0 atom stereocenters. The predicted octanol–water partition coefficient (Wildman–Crippen LogP) is 0.900. The number of carbonyl (C=O) groups is 1. The molecule has 1 heterocycles. The van der Waals surface area contributed by atoms with Gasteiger partial charge in [-0.05, 0) is 20.8 Å². The fourth-order valence-electron chi connectivity index (χ4n) is 1.21. The van der Waals surface area contributed by atoms with Crippen LogP contribution in [0.4, 0.5) is 4.79 Å². The Balaban J connectivity index is 2.37. The SMILES string of the molecule is CC(C)(C)OC(=O)NCc1cnn(CCO)c1. The molecule has 1 aromatic rings. The van der Waals surface area contributed by atoms with E-state index in [0.717, 1.165) is 5.56 Å². The maximum absolute atomic E-state index is 11.4. The second-order valence-corrected chi connectivity index (χ2v) is 4.69. The van der Waals surface area contributed by atoms with Crippen LogP contribution in [0.15, 0.2) is 12.4 Å². The van der Waals surface area contributed by atoms with Gasteiger partial charge in [-0.1, -0.05) is 0 Å². The lowest BCUT2D eigenvalue weighted by Crippen LogP contribution is -2.32. The zero-order valence-electron chi connectivity index (χ0n) is 10.4. The van der Waals surface area contributed by atoms with Gasteiger partial charge in [0.05, 0.1) is 19.3 Å². The van der Waals surface area contributed by atoms with E-state index in [1.807, 2.05) is 20.8 Å². The number of aliphatic hydroxyl groups excluding tert-OH is 1. The van der Waals surface area contributed by atoms with Crippen molar-refractivity contribution in [3.8, 4) is 0 Å². The molecule has 0 fully saturated rings. The van der Waals surface area contributed by atoms with Crippen LogP contribution in [-0.4, -0.2) is 33.2 Å². The molecule has 0 unspecified atom stereocenters. The van der Waals surface area contributed by atoms with Crippen LogP contribution in [0.25, 0.3) is 0 Å². The van der Waals surface area contributed by atoms with Gasteiger partial charge in [-0.25, -0.2) is 4.79 Å². The zero-order valence-corrected chi connectivity index (χ0v) is 10.4. The third kappa shape index (κ3) is 5.35. The van der Waals surface area contributed by atoms with E-state index in [1.165, 1.54) is 0 Å². The third-order valence-corrected chi connectivity index (χ3v) is 1.85. The molecule has 2 N–H and O–H groups in total. The Morgan fingerprint density at radius 2 is 2.29 bits per heavy atom. The molecule has 96 valence electrons. The first-order chi connectivity index (χ1) is 7.90. The fourth-order valence-corrected chi connectivity index (χ4v) is 1.21. The summed E-state index contributed by atoms with van der Waals surface area (Å²) in [5, 5.41) is 15.4. The number of hydrogen-bond acceptors (Lipinski definition) is 4. The second kappa shape index (κ2) is 5.67. The number of hydrogen-bond donors (Lipinski definition) is 2. The number of rotatable bonds is 4. The molecule has 1 rings (SSSR count). The van der Waals surface area contributed by atoms with Crippen LogP contribution < -0.4 is 5.32 Å². The van der Waals surface area contributed by atoms with Crippen molar-refractivity contribution in [2.24, 2.45) is 0 Å². The topological polar surface area (TPSA) is 76.4 Å². The van der Waals surface area contributed by atoms with Crippen LogP contribution >= 0.6 is 0 Å². The number of nitrogens with zero attached hydrogens (tertiary/aromatic N) is 2. The summed E-state index contributed by atoms with van der Waals surface area (Å²) in [6.07, 6.45) is 2.97. The summed E-state index contributed by atoms with van der Waals surface area (Å²) >= 11 is 0. The largest absolute Gasteiger partial charge is 0.444 e. The first-order valence-electron chi connectivity index (χ1n) is 5.50. The predicted molar refractivity (Wildman–Crippen MR) is 62.4 cm³/mol. The lowest BCUT2D eigenvalue weighted by molar-refractivity contribution is 0.0523. The summed E-state index contributed by atoms with van der Waals surface area (Å²) in [4.78, 5) is 11.4. The maximum atomic E-state index is 11.4. The number of aliphatic hydroxyl groups is 1. The van der Waals surface area contributed by atoms with Crippen LogP contribution in [0.3, 0.4) is 0 Å². The van der Waals surface area contributed by atoms with Crippen molar-refractivity contribution in [1.29, 1.82) is 0 Å². The van der Waals surface area contributed by atoms with Gasteiger partial charge in [0.25, 0.3) is 0 Å². The maximum Gasteiger partial charge on any atom is 0.407 e. The van der Waals surface area contributed by atoms with Crippen molar-refractivity contribution in [3.05, 3.63) is 18.0 Å². The highest BCUT2D eigenvalue weighted by atomic mass is 16.6. The van der Waals surface area contributed by atoms with Crippen molar-refractivity contribution < 1.29 is 14.6 Å². The van der Waals surface area contributed by atoms with E-state index in [1.54, 1.807) is 17.1 Å². The summed E-state index contributed by atoms with van der Waals surface area (Å²) in [6.45, 7) is 6.29. The molecule has 0 aliphatic rings. The van der Waals surface area contributed by atoms with E-state index in [2.05, 4.69) is 10.4 Å². The van der Waals surface area contributed by atoms with Crippen molar-refractivity contribution in [2.75, 3.05) is 6.61 Å². The molecule has 0 radical (unpaired) electrons. The Morgan fingerprint density at radius 1 is 1.59 bits per heavy atom. The van der Waals surface area contributed by atoms with E-state index in [-0.39, 0.29) is 6.61 Å². The first kappa shape index (κ1) is 13.5. The van der Waals surface area contributed by atoms with Crippen LogP contribution in [0, 0.1) is 0 Å². The number of ether oxygens (including phenoxy) is 1. The summed E-state index contributed by atoms with van der Waals surface area (Å²) in [5.74, 6) is 0. The van der Waals surface area contributed by atoms with Gasteiger partial charge in [-0.3, -0.25) is 4.68 Å². The summed E-state index contributed by atoms with van der Waals surface area (Å²) in [7, 11) is 0. The lowest BCUT2D eigenvalue weighted by Gasteiger charge is -2.19. The van der Waals surface area contributed by atoms with Gasteiger partial charge in [0.2, 0.25) is 0 Å². The minimum Gasteiger partial charge on any atom is -0.444 e. The molecule has 0 saturated heterocycles. The lowest BCUT2D eigenvalue weighted by atomic mass is 10.2. The van der Waals surface area contributed by atoms with Gasteiger partial charge >= 0.3 is 6.09 Å². The van der Waals surface area contributed by atoms with Crippen LogP contribution in [-0.2, 0) is 17.8 Å². The Labute approximate surface area is 101 Å². The van der Waals surface area contributed by atoms with E-state index in [4.69, 9.17) is 9.84 Å².